The molecule has 0 bridgehead atoms. The van der Waals surface area contributed by atoms with Gasteiger partial charge in [0.15, 0.2) is 0 Å². The second-order valence-corrected chi connectivity index (χ2v) is 4.44. The lowest BCUT2D eigenvalue weighted by molar-refractivity contribution is 0.0348. The summed E-state index contributed by atoms with van der Waals surface area (Å²) in [6, 6.07) is 9.91. The molecule has 1 unspecified atom stereocenters. The van der Waals surface area contributed by atoms with E-state index in [0.717, 1.165) is 11.3 Å². The minimum absolute atomic E-state index is 0.308. The van der Waals surface area contributed by atoms with Crippen molar-refractivity contribution >= 4 is 5.69 Å². The van der Waals surface area contributed by atoms with E-state index in [1.807, 2.05) is 43.6 Å². The Morgan fingerprint density at radius 1 is 1.37 bits per heavy atom. The molecule has 0 fully saturated rings. The van der Waals surface area contributed by atoms with Crippen LogP contribution in [0.3, 0.4) is 0 Å². The molecule has 1 aromatic heterocycles. The average molecular weight is 261 g/mol. The summed E-state index contributed by atoms with van der Waals surface area (Å²) in [6.07, 6.45) is 3.04. The molecule has 0 radical (unpaired) electrons. The standard InChI is InChI=1S/C14H19N3O2/c1-17-9-13(7-16-17)15-8-14(18)11-19-10-12-5-3-2-4-6-12/h2-7,9,14-15,18H,8,10-11H2,1H3. The molecule has 0 aliphatic rings. The van der Waals surface area contributed by atoms with Crippen molar-refractivity contribution in [3.8, 4) is 0 Å². The Kier molecular flexibility index (Phi) is 4.94. The van der Waals surface area contributed by atoms with Crippen LogP contribution < -0.4 is 5.32 Å². The lowest BCUT2D eigenvalue weighted by Gasteiger charge is -2.12. The molecular weight excluding hydrogens is 242 g/mol. The highest BCUT2D eigenvalue weighted by atomic mass is 16.5. The van der Waals surface area contributed by atoms with Gasteiger partial charge in [-0.25, -0.2) is 0 Å². The quantitative estimate of drug-likeness (QED) is 0.791. The Labute approximate surface area is 112 Å². The molecule has 2 N–H and O–H groups in total. The first-order valence-corrected chi connectivity index (χ1v) is 6.26. The Morgan fingerprint density at radius 2 is 2.16 bits per heavy atom. The van der Waals surface area contributed by atoms with Crippen molar-refractivity contribution in [2.75, 3.05) is 18.5 Å². The first-order chi connectivity index (χ1) is 9.24. The van der Waals surface area contributed by atoms with E-state index in [2.05, 4.69) is 10.4 Å². The molecule has 0 saturated carbocycles. The highest BCUT2D eigenvalue weighted by Crippen LogP contribution is 2.04. The number of nitrogens with one attached hydrogen (secondary N) is 1. The molecule has 1 heterocycles. The van der Waals surface area contributed by atoms with Crippen LogP contribution >= 0.6 is 0 Å². The van der Waals surface area contributed by atoms with Crippen molar-refractivity contribution in [2.24, 2.45) is 7.05 Å². The van der Waals surface area contributed by atoms with E-state index in [4.69, 9.17) is 4.74 Å². The normalized spacial score (nSPS) is 12.3. The van der Waals surface area contributed by atoms with E-state index in [0.29, 0.717) is 19.8 Å². The molecule has 2 rings (SSSR count). The number of ether oxygens (including phenoxy) is 1. The molecule has 0 aliphatic carbocycles. The summed E-state index contributed by atoms with van der Waals surface area (Å²) in [5, 5.41) is 16.9. The summed E-state index contributed by atoms with van der Waals surface area (Å²) in [6.45, 7) is 1.27. The Hall–Kier alpha value is -1.85. The van der Waals surface area contributed by atoms with Gasteiger partial charge in [0, 0.05) is 19.8 Å². The zero-order chi connectivity index (χ0) is 13.5. The highest BCUT2D eigenvalue weighted by Gasteiger charge is 2.05. The van der Waals surface area contributed by atoms with Gasteiger partial charge in [0.25, 0.3) is 0 Å². The van der Waals surface area contributed by atoms with Crippen molar-refractivity contribution in [1.82, 2.24) is 9.78 Å². The number of aryl methyl sites for hydroxylation is 1. The molecule has 1 atom stereocenters. The van der Waals surface area contributed by atoms with Crippen LogP contribution in [0.2, 0.25) is 0 Å². The average Bonchev–Trinajstić information content (AvgIpc) is 2.83. The maximum absolute atomic E-state index is 9.78. The monoisotopic (exact) mass is 261 g/mol. The minimum atomic E-state index is -0.538. The van der Waals surface area contributed by atoms with Gasteiger partial charge in [-0.05, 0) is 5.56 Å². The molecule has 0 amide bonds. The fourth-order valence-electron chi connectivity index (χ4n) is 1.69. The van der Waals surface area contributed by atoms with Crippen LogP contribution in [0.25, 0.3) is 0 Å². The van der Waals surface area contributed by atoms with Crippen LogP contribution in [0.5, 0.6) is 0 Å². The fourth-order valence-corrected chi connectivity index (χ4v) is 1.69. The van der Waals surface area contributed by atoms with Gasteiger partial charge >= 0.3 is 0 Å². The van der Waals surface area contributed by atoms with Gasteiger partial charge in [0.05, 0.1) is 31.2 Å². The van der Waals surface area contributed by atoms with E-state index in [1.165, 1.54) is 0 Å². The van der Waals surface area contributed by atoms with Gasteiger partial charge in [-0.2, -0.15) is 5.10 Å². The van der Waals surface area contributed by atoms with Crippen molar-refractivity contribution in [2.45, 2.75) is 12.7 Å². The van der Waals surface area contributed by atoms with Crippen LogP contribution in [0.15, 0.2) is 42.7 Å². The van der Waals surface area contributed by atoms with Crippen molar-refractivity contribution in [3.05, 3.63) is 48.3 Å². The lowest BCUT2D eigenvalue weighted by atomic mass is 10.2. The summed E-state index contributed by atoms with van der Waals surface area (Å²) < 4.78 is 7.17. The zero-order valence-electron chi connectivity index (χ0n) is 11.0. The Morgan fingerprint density at radius 3 is 2.84 bits per heavy atom. The lowest BCUT2D eigenvalue weighted by Crippen LogP contribution is -2.24. The maximum atomic E-state index is 9.78. The SMILES string of the molecule is Cn1cc(NCC(O)COCc2ccccc2)cn1. The van der Waals surface area contributed by atoms with Crippen molar-refractivity contribution in [3.63, 3.8) is 0 Å². The van der Waals surface area contributed by atoms with E-state index in [-0.39, 0.29) is 0 Å². The summed E-state index contributed by atoms with van der Waals surface area (Å²) in [4.78, 5) is 0. The molecule has 5 heteroatoms. The molecule has 19 heavy (non-hydrogen) atoms. The predicted octanol–water partition coefficient (Wildman–Crippen LogP) is 1.41. The summed E-state index contributed by atoms with van der Waals surface area (Å²) in [7, 11) is 1.85. The first kappa shape index (κ1) is 13.6. The number of anilines is 1. The van der Waals surface area contributed by atoms with Gasteiger partial charge in [-0.3, -0.25) is 4.68 Å². The van der Waals surface area contributed by atoms with Crippen LogP contribution in [0.4, 0.5) is 5.69 Å². The third kappa shape index (κ3) is 4.73. The van der Waals surface area contributed by atoms with E-state index < -0.39 is 6.10 Å². The van der Waals surface area contributed by atoms with E-state index in [1.54, 1.807) is 10.9 Å². The number of nitrogens with zero attached hydrogens (tertiary/aromatic N) is 2. The second-order valence-electron chi connectivity index (χ2n) is 4.44. The van der Waals surface area contributed by atoms with Crippen LogP contribution in [0.1, 0.15) is 5.56 Å². The van der Waals surface area contributed by atoms with Crippen LogP contribution in [-0.2, 0) is 18.4 Å². The molecule has 0 saturated heterocycles. The number of rotatable bonds is 7. The number of aliphatic hydroxyl groups excluding tert-OH is 1. The molecule has 1 aromatic carbocycles. The third-order valence-corrected chi connectivity index (χ3v) is 2.67. The van der Waals surface area contributed by atoms with Gasteiger partial charge in [-0.1, -0.05) is 30.3 Å². The summed E-state index contributed by atoms with van der Waals surface area (Å²) >= 11 is 0. The van der Waals surface area contributed by atoms with E-state index in [9.17, 15) is 5.11 Å². The fraction of sp³-hybridized carbons (Fsp3) is 0.357. The maximum Gasteiger partial charge on any atom is 0.0945 e. The van der Waals surface area contributed by atoms with Crippen LogP contribution in [0, 0.1) is 0 Å². The predicted molar refractivity (Wildman–Crippen MR) is 73.8 cm³/mol. The van der Waals surface area contributed by atoms with Crippen molar-refractivity contribution < 1.29 is 9.84 Å². The summed E-state index contributed by atoms with van der Waals surface area (Å²) in [5.74, 6) is 0. The number of hydrogen-bond acceptors (Lipinski definition) is 4. The number of benzene rings is 1. The Bertz CT molecular complexity index is 484. The number of aliphatic hydroxyl groups is 1. The number of aromatic nitrogens is 2. The third-order valence-electron chi connectivity index (χ3n) is 2.67. The first-order valence-electron chi connectivity index (χ1n) is 6.26. The van der Waals surface area contributed by atoms with E-state index >= 15 is 0 Å². The summed E-state index contributed by atoms with van der Waals surface area (Å²) in [5.41, 5.74) is 2.00. The molecule has 2 aromatic rings. The smallest absolute Gasteiger partial charge is 0.0945 e. The largest absolute Gasteiger partial charge is 0.389 e. The van der Waals surface area contributed by atoms with Crippen molar-refractivity contribution in [1.29, 1.82) is 0 Å². The molecule has 0 spiro atoms. The zero-order valence-corrected chi connectivity index (χ0v) is 11.0. The molecular formula is C14H19N3O2. The van der Waals surface area contributed by atoms with Gasteiger partial charge < -0.3 is 15.2 Å². The number of hydrogen-bond donors (Lipinski definition) is 2. The van der Waals surface area contributed by atoms with Gasteiger partial charge in [0.1, 0.15) is 0 Å². The molecule has 0 aliphatic heterocycles. The second kappa shape index (κ2) is 6.92. The minimum Gasteiger partial charge on any atom is -0.389 e. The van der Waals surface area contributed by atoms with Gasteiger partial charge in [0.2, 0.25) is 0 Å². The topological polar surface area (TPSA) is 59.3 Å². The Balaban J connectivity index is 1.63. The van der Waals surface area contributed by atoms with Gasteiger partial charge in [-0.15, -0.1) is 0 Å². The van der Waals surface area contributed by atoms with Crippen LogP contribution in [-0.4, -0.2) is 34.1 Å². The molecule has 102 valence electrons. The highest BCUT2D eigenvalue weighted by molar-refractivity contribution is 5.37. The molecule has 5 nitrogen and oxygen atoms in total.